The summed E-state index contributed by atoms with van der Waals surface area (Å²) < 4.78 is 0. The fourth-order valence-corrected chi connectivity index (χ4v) is 1.73. The predicted molar refractivity (Wildman–Crippen MR) is 81.9 cm³/mol. The van der Waals surface area contributed by atoms with Crippen LogP contribution in [0, 0.1) is 0 Å². The summed E-state index contributed by atoms with van der Waals surface area (Å²) in [5.74, 6) is 0.0449. The maximum atomic E-state index is 11.6. The second kappa shape index (κ2) is 6.69. The van der Waals surface area contributed by atoms with Gasteiger partial charge in [0.05, 0.1) is 5.69 Å². The summed E-state index contributed by atoms with van der Waals surface area (Å²) in [6.07, 6.45) is 3.48. The van der Waals surface area contributed by atoms with Gasteiger partial charge < -0.3 is 4.90 Å². The fourth-order valence-electron chi connectivity index (χ4n) is 1.73. The first-order valence-electron chi connectivity index (χ1n) is 6.16. The van der Waals surface area contributed by atoms with E-state index >= 15 is 0 Å². The molecule has 1 aromatic carbocycles. The molecule has 0 heterocycles. The Labute approximate surface area is 115 Å². The van der Waals surface area contributed by atoms with Gasteiger partial charge in [-0.2, -0.15) is 0 Å². The molecule has 0 fully saturated rings. The van der Waals surface area contributed by atoms with Gasteiger partial charge in [0.25, 0.3) is 0 Å². The summed E-state index contributed by atoms with van der Waals surface area (Å²) >= 11 is 0. The third kappa shape index (κ3) is 3.65. The van der Waals surface area contributed by atoms with Crippen molar-refractivity contribution >= 4 is 17.7 Å². The molecule has 3 nitrogen and oxygen atoms in total. The number of allylic oxidation sites excluding steroid dienone is 1. The van der Waals surface area contributed by atoms with Crippen LogP contribution in [-0.2, 0) is 0 Å². The molecule has 0 saturated heterocycles. The Morgan fingerprint density at radius 1 is 1.32 bits per heavy atom. The number of Topliss-reactive ketones (excluding diaryl/α,β-unsaturated/α-hetero) is 1. The van der Waals surface area contributed by atoms with Crippen LogP contribution in [0.5, 0.6) is 0 Å². The highest BCUT2D eigenvalue weighted by atomic mass is 16.1. The van der Waals surface area contributed by atoms with Crippen molar-refractivity contribution in [1.29, 1.82) is 0 Å². The number of para-hydroxylation sites is 1. The molecule has 100 valence electrons. The van der Waals surface area contributed by atoms with E-state index in [1.54, 1.807) is 19.3 Å². The van der Waals surface area contributed by atoms with Crippen molar-refractivity contribution < 1.29 is 4.79 Å². The molecular formula is C16H20N2O. The highest BCUT2D eigenvalue weighted by molar-refractivity contribution is 6.00. The number of likely N-dealkylation sites (N-methyl/N-ethyl adjacent to an activating group) is 1. The Kier molecular flexibility index (Phi) is 5.24. The number of hydrogen-bond acceptors (Lipinski definition) is 3. The van der Waals surface area contributed by atoms with Gasteiger partial charge in [-0.25, -0.2) is 0 Å². The fraction of sp³-hybridized carbons (Fsp3) is 0.250. The molecule has 0 radical (unpaired) electrons. The van der Waals surface area contributed by atoms with Crippen molar-refractivity contribution in [3.63, 3.8) is 0 Å². The second-order valence-corrected chi connectivity index (χ2v) is 4.30. The number of aliphatic imine (C=N–C) groups is 1. The predicted octanol–water partition coefficient (Wildman–Crippen LogP) is 3.83. The zero-order valence-electron chi connectivity index (χ0n) is 12.0. The van der Waals surface area contributed by atoms with Crippen LogP contribution in [0.3, 0.4) is 0 Å². The average molecular weight is 256 g/mol. The first kappa shape index (κ1) is 14.9. The van der Waals surface area contributed by atoms with Gasteiger partial charge in [0, 0.05) is 30.7 Å². The van der Waals surface area contributed by atoms with E-state index in [1.807, 2.05) is 50.1 Å². The van der Waals surface area contributed by atoms with Crippen LogP contribution >= 0.6 is 0 Å². The summed E-state index contributed by atoms with van der Waals surface area (Å²) in [5, 5.41) is 0. The van der Waals surface area contributed by atoms with Gasteiger partial charge in [0.1, 0.15) is 0 Å². The molecule has 1 aromatic rings. The van der Waals surface area contributed by atoms with Crippen LogP contribution in [0.1, 0.15) is 31.1 Å². The van der Waals surface area contributed by atoms with Gasteiger partial charge >= 0.3 is 0 Å². The molecule has 0 saturated carbocycles. The number of carbonyl (C=O) groups excluding carboxylic acids is 1. The summed E-state index contributed by atoms with van der Waals surface area (Å²) in [5.41, 5.74) is 3.32. The number of ketones is 1. The number of benzene rings is 1. The van der Waals surface area contributed by atoms with Gasteiger partial charge in [0.2, 0.25) is 0 Å². The normalized spacial score (nSPS) is 11.7. The van der Waals surface area contributed by atoms with E-state index in [1.165, 1.54) is 0 Å². The highest BCUT2D eigenvalue weighted by Gasteiger charge is 2.13. The molecule has 0 aliphatic carbocycles. The molecule has 0 aromatic heterocycles. The maximum Gasteiger partial charge on any atom is 0.161 e. The van der Waals surface area contributed by atoms with E-state index in [-0.39, 0.29) is 5.78 Å². The standard InChI is InChI=1S/C16H20N2O/c1-6-17-11-12(2)13(3)18(5)16-10-8-7-9-15(16)14(4)19/h6-11H,3H2,1-2,4-5H3/b12-11-,17-6-. The number of carbonyl (C=O) groups is 1. The van der Waals surface area contributed by atoms with Gasteiger partial charge in [-0.3, -0.25) is 9.79 Å². The lowest BCUT2D eigenvalue weighted by molar-refractivity contribution is 0.101. The number of rotatable bonds is 5. The smallest absolute Gasteiger partial charge is 0.161 e. The number of hydrogen-bond donors (Lipinski definition) is 0. The van der Waals surface area contributed by atoms with E-state index in [4.69, 9.17) is 0 Å². The van der Waals surface area contributed by atoms with Crippen molar-refractivity contribution in [3.05, 3.63) is 53.9 Å². The lowest BCUT2D eigenvalue weighted by Gasteiger charge is -2.24. The molecule has 0 aliphatic rings. The summed E-state index contributed by atoms with van der Waals surface area (Å²) in [4.78, 5) is 17.6. The Balaban J connectivity index is 3.10. The molecule has 0 unspecified atom stereocenters. The Hall–Kier alpha value is -2.16. The highest BCUT2D eigenvalue weighted by Crippen LogP contribution is 2.25. The first-order valence-corrected chi connectivity index (χ1v) is 6.16. The summed E-state index contributed by atoms with van der Waals surface area (Å²) in [7, 11) is 1.90. The lowest BCUT2D eigenvalue weighted by Crippen LogP contribution is -2.18. The quantitative estimate of drug-likeness (QED) is 0.455. The number of anilines is 1. The molecule has 0 N–H and O–H groups in total. The molecule has 0 amide bonds. The van der Waals surface area contributed by atoms with Crippen LogP contribution < -0.4 is 4.90 Å². The SMILES string of the molecule is C=C(/C(C)=C\N=C/C)N(C)c1ccccc1C(C)=O. The third-order valence-electron chi connectivity index (χ3n) is 2.92. The minimum atomic E-state index is 0.0449. The van der Waals surface area contributed by atoms with Crippen LogP contribution in [0.2, 0.25) is 0 Å². The monoisotopic (exact) mass is 256 g/mol. The molecule has 0 aliphatic heterocycles. The van der Waals surface area contributed by atoms with Crippen LogP contribution in [0.15, 0.2) is 53.3 Å². The largest absolute Gasteiger partial charge is 0.344 e. The van der Waals surface area contributed by atoms with Crippen molar-refractivity contribution in [3.8, 4) is 0 Å². The molecule has 0 spiro atoms. The minimum absolute atomic E-state index is 0.0449. The molecule has 0 atom stereocenters. The molecular weight excluding hydrogens is 236 g/mol. The van der Waals surface area contributed by atoms with E-state index in [0.717, 1.165) is 17.0 Å². The van der Waals surface area contributed by atoms with E-state index < -0.39 is 0 Å². The lowest BCUT2D eigenvalue weighted by atomic mass is 10.1. The van der Waals surface area contributed by atoms with Crippen molar-refractivity contribution in [2.75, 3.05) is 11.9 Å². The molecule has 0 bridgehead atoms. The van der Waals surface area contributed by atoms with E-state index in [0.29, 0.717) is 5.56 Å². The molecule has 3 heteroatoms. The van der Waals surface area contributed by atoms with E-state index in [2.05, 4.69) is 11.6 Å². The Morgan fingerprint density at radius 3 is 2.53 bits per heavy atom. The van der Waals surface area contributed by atoms with Gasteiger partial charge in [0.15, 0.2) is 5.78 Å². The first-order chi connectivity index (χ1) is 8.99. The van der Waals surface area contributed by atoms with Crippen molar-refractivity contribution in [2.24, 2.45) is 4.99 Å². The third-order valence-corrected chi connectivity index (χ3v) is 2.92. The van der Waals surface area contributed by atoms with Crippen LogP contribution in [0.25, 0.3) is 0 Å². The zero-order chi connectivity index (χ0) is 14.4. The van der Waals surface area contributed by atoms with Crippen molar-refractivity contribution in [1.82, 2.24) is 0 Å². The minimum Gasteiger partial charge on any atom is -0.344 e. The Bertz CT molecular complexity index is 541. The Morgan fingerprint density at radius 2 is 1.95 bits per heavy atom. The second-order valence-electron chi connectivity index (χ2n) is 4.30. The number of nitrogens with zero attached hydrogens (tertiary/aromatic N) is 2. The van der Waals surface area contributed by atoms with Crippen molar-refractivity contribution in [2.45, 2.75) is 20.8 Å². The summed E-state index contributed by atoms with van der Waals surface area (Å²) in [6.45, 7) is 9.43. The van der Waals surface area contributed by atoms with Gasteiger partial charge in [-0.15, -0.1) is 0 Å². The summed E-state index contributed by atoms with van der Waals surface area (Å²) in [6, 6.07) is 7.51. The van der Waals surface area contributed by atoms with Gasteiger partial charge in [-0.1, -0.05) is 18.7 Å². The van der Waals surface area contributed by atoms with Crippen LogP contribution in [-0.4, -0.2) is 19.0 Å². The van der Waals surface area contributed by atoms with Crippen LogP contribution in [0.4, 0.5) is 5.69 Å². The average Bonchev–Trinajstić information content (AvgIpc) is 2.42. The zero-order valence-corrected chi connectivity index (χ0v) is 12.0. The van der Waals surface area contributed by atoms with E-state index in [9.17, 15) is 4.79 Å². The van der Waals surface area contributed by atoms with Gasteiger partial charge in [-0.05, 0) is 38.5 Å². The molecule has 1 rings (SSSR count). The maximum absolute atomic E-state index is 11.6. The topological polar surface area (TPSA) is 32.7 Å². The molecule has 19 heavy (non-hydrogen) atoms.